The van der Waals surface area contributed by atoms with E-state index in [0.717, 1.165) is 0 Å². The Morgan fingerprint density at radius 1 is 1.60 bits per heavy atom. The molecule has 0 aliphatic heterocycles. The van der Waals surface area contributed by atoms with Gasteiger partial charge in [-0.05, 0) is 19.5 Å². The second-order valence-corrected chi connectivity index (χ2v) is 5.17. The Labute approximate surface area is 119 Å². The van der Waals surface area contributed by atoms with Crippen molar-refractivity contribution in [2.75, 3.05) is 13.7 Å². The molecule has 7 heteroatoms. The van der Waals surface area contributed by atoms with Crippen molar-refractivity contribution >= 4 is 27.5 Å². The van der Waals surface area contributed by atoms with Crippen LogP contribution in [0.5, 0.6) is 0 Å². The van der Waals surface area contributed by atoms with Crippen LogP contribution in [-0.2, 0) is 11.3 Å². The van der Waals surface area contributed by atoms with E-state index in [0.29, 0.717) is 33.0 Å². The molecule has 2 heterocycles. The average Bonchev–Trinajstić information content (AvgIpc) is 2.74. The number of nitrogens with zero attached hydrogens (tertiary/aromatic N) is 1. The summed E-state index contributed by atoms with van der Waals surface area (Å²) in [4.78, 5) is 32.0. The molecule has 0 saturated carbocycles. The first-order chi connectivity index (χ1) is 9.58. The van der Waals surface area contributed by atoms with E-state index in [9.17, 15) is 9.59 Å². The number of hydrogen-bond acceptors (Lipinski definition) is 6. The molecule has 0 bridgehead atoms. The number of fused-ring (bicyclic) bond motifs is 1. The number of nitrogens with one attached hydrogen (secondary N) is 2. The van der Waals surface area contributed by atoms with Crippen LogP contribution in [0.3, 0.4) is 0 Å². The van der Waals surface area contributed by atoms with Gasteiger partial charge in [-0.2, -0.15) is 0 Å². The molecule has 0 saturated heterocycles. The first kappa shape index (κ1) is 14.4. The van der Waals surface area contributed by atoms with Gasteiger partial charge in [-0.3, -0.25) is 4.79 Å². The standard InChI is InChI=1S/C13H15N3O3S/c1-4-5-19-13(18)10-7(2)9-11(17)15-8(6-14-3)16-12(9)20-10/h4,14H,1,5-6H2,2-3H3,(H,15,16,17). The summed E-state index contributed by atoms with van der Waals surface area (Å²) < 4.78 is 5.01. The zero-order chi connectivity index (χ0) is 14.7. The molecular weight excluding hydrogens is 278 g/mol. The summed E-state index contributed by atoms with van der Waals surface area (Å²) in [6, 6.07) is 0. The molecule has 20 heavy (non-hydrogen) atoms. The molecule has 0 aliphatic carbocycles. The Hall–Kier alpha value is -1.99. The highest BCUT2D eigenvalue weighted by Gasteiger charge is 2.20. The first-order valence-corrected chi connectivity index (χ1v) is 6.85. The van der Waals surface area contributed by atoms with E-state index >= 15 is 0 Å². The lowest BCUT2D eigenvalue weighted by molar-refractivity contribution is 0.0555. The highest BCUT2D eigenvalue weighted by molar-refractivity contribution is 7.20. The van der Waals surface area contributed by atoms with Gasteiger partial charge in [-0.15, -0.1) is 11.3 Å². The number of H-pyrrole nitrogens is 1. The highest BCUT2D eigenvalue weighted by Crippen LogP contribution is 2.27. The fourth-order valence-corrected chi connectivity index (χ4v) is 2.93. The van der Waals surface area contributed by atoms with E-state index in [2.05, 4.69) is 21.9 Å². The maximum absolute atomic E-state index is 12.1. The van der Waals surface area contributed by atoms with Crippen molar-refractivity contribution < 1.29 is 9.53 Å². The zero-order valence-electron chi connectivity index (χ0n) is 11.3. The van der Waals surface area contributed by atoms with Crippen molar-refractivity contribution in [3.63, 3.8) is 0 Å². The lowest BCUT2D eigenvalue weighted by atomic mass is 10.2. The molecule has 0 aromatic carbocycles. The van der Waals surface area contributed by atoms with Crippen molar-refractivity contribution in [1.82, 2.24) is 15.3 Å². The second kappa shape index (κ2) is 5.98. The maximum Gasteiger partial charge on any atom is 0.348 e. The van der Waals surface area contributed by atoms with Crippen molar-refractivity contribution in [1.29, 1.82) is 0 Å². The van der Waals surface area contributed by atoms with Crippen LogP contribution in [0.1, 0.15) is 21.1 Å². The van der Waals surface area contributed by atoms with Gasteiger partial charge >= 0.3 is 5.97 Å². The third-order valence-corrected chi connectivity index (χ3v) is 3.88. The summed E-state index contributed by atoms with van der Waals surface area (Å²) in [6.07, 6.45) is 1.50. The summed E-state index contributed by atoms with van der Waals surface area (Å²) in [5.41, 5.74) is 0.362. The van der Waals surface area contributed by atoms with E-state index in [1.807, 2.05) is 0 Å². The number of ether oxygens (including phenoxy) is 1. The van der Waals surface area contributed by atoms with Gasteiger partial charge in [0.05, 0.1) is 11.9 Å². The Morgan fingerprint density at radius 3 is 3.00 bits per heavy atom. The number of hydrogen-bond donors (Lipinski definition) is 2. The van der Waals surface area contributed by atoms with E-state index in [1.54, 1.807) is 14.0 Å². The minimum atomic E-state index is -0.458. The van der Waals surface area contributed by atoms with Crippen LogP contribution in [0, 0.1) is 6.92 Å². The molecule has 2 aromatic rings. The Bertz CT molecular complexity index is 717. The van der Waals surface area contributed by atoms with Gasteiger partial charge in [0.1, 0.15) is 22.1 Å². The quantitative estimate of drug-likeness (QED) is 0.642. The molecule has 0 spiro atoms. The predicted molar refractivity (Wildman–Crippen MR) is 78.2 cm³/mol. The topological polar surface area (TPSA) is 84.1 Å². The number of esters is 1. The molecule has 0 aliphatic rings. The van der Waals surface area contributed by atoms with Gasteiger partial charge < -0.3 is 15.0 Å². The summed E-state index contributed by atoms with van der Waals surface area (Å²) in [7, 11) is 1.77. The monoisotopic (exact) mass is 293 g/mol. The van der Waals surface area contributed by atoms with Crippen LogP contribution in [0.15, 0.2) is 17.4 Å². The number of carbonyl (C=O) groups excluding carboxylic acids is 1. The summed E-state index contributed by atoms with van der Waals surface area (Å²) in [5, 5.41) is 3.36. The second-order valence-electron chi connectivity index (χ2n) is 4.17. The largest absolute Gasteiger partial charge is 0.457 e. The molecule has 0 radical (unpaired) electrons. The maximum atomic E-state index is 12.1. The molecule has 0 atom stereocenters. The summed E-state index contributed by atoms with van der Waals surface area (Å²) in [6.45, 7) is 5.81. The van der Waals surface area contributed by atoms with Crippen LogP contribution < -0.4 is 10.9 Å². The predicted octanol–water partition coefficient (Wildman–Crippen LogP) is 1.36. The van der Waals surface area contributed by atoms with Gasteiger partial charge in [0.2, 0.25) is 0 Å². The van der Waals surface area contributed by atoms with Gasteiger partial charge in [0.25, 0.3) is 5.56 Å². The number of rotatable bonds is 5. The van der Waals surface area contributed by atoms with Gasteiger partial charge in [-0.25, -0.2) is 9.78 Å². The number of aromatic nitrogens is 2. The summed E-state index contributed by atoms with van der Waals surface area (Å²) in [5.74, 6) is 0.0808. The van der Waals surface area contributed by atoms with Crippen LogP contribution in [0.4, 0.5) is 0 Å². The minimum absolute atomic E-state index is 0.140. The Morgan fingerprint density at radius 2 is 2.35 bits per heavy atom. The van der Waals surface area contributed by atoms with Crippen molar-refractivity contribution in [2.45, 2.75) is 13.5 Å². The third kappa shape index (κ3) is 2.63. The highest BCUT2D eigenvalue weighted by atomic mass is 32.1. The lowest BCUT2D eigenvalue weighted by Crippen LogP contribution is -2.16. The zero-order valence-corrected chi connectivity index (χ0v) is 12.1. The molecule has 2 N–H and O–H groups in total. The fourth-order valence-electron chi connectivity index (χ4n) is 1.83. The van der Waals surface area contributed by atoms with Crippen LogP contribution in [-0.4, -0.2) is 29.6 Å². The molecule has 0 fully saturated rings. The molecule has 2 aromatic heterocycles. The van der Waals surface area contributed by atoms with E-state index in [1.165, 1.54) is 17.4 Å². The average molecular weight is 293 g/mol. The summed E-state index contributed by atoms with van der Waals surface area (Å²) >= 11 is 1.17. The fraction of sp³-hybridized carbons (Fsp3) is 0.308. The number of aryl methyl sites for hydroxylation is 1. The third-order valence-electron chi connectivity index (χ3n) is 2.71. The Kier molecular flexibility index (Phi) is 4.31. The molecular formula is C13H15N3O3S. The Balaban J connectivity index is 2.51. The van der Waals surface area contributed by atoms with E-state index < -0.39 is 5.97 Å². The number of thiophene rings is 1. The normalized spacial score (nSPS) is 10.7. The molecule has 106 valence electrons. The molecule has 2 rings (SSSR count). The van der Waals surface area contributed by atoms with Gasteiger partial charge in [0, 0.05) is 0 Å². The first-order valence-electron chi connectivity index (χ1n) is 6.03. The molecule has 6 nitrogen and oxygen atoms in total. The lowest BCUT2D eigenvalue weighted by Gasteiger charge is -1.99. The minimum Gasteiger partial charge on any atom is -0.457 e. The van der Waals surface area contributed by atoms with Crippen LogP contribution >= 0.6 is 11.3 Å². The van der Waals surface area contributed by atoms with Gasteiger partial charge in [-0.1, -0.05) is 12.7 Å². The van der Waals surface area contributed by atoms with E-state index in [-0.39, 0.29) is 12.2 Å². The van der Waals surface area contributed by atoms with Crippen molar-refractivity contribution in [2.24, 2.45) is 0 Å². The van der Waals surface area contributed by atoms with Gasteiger partial charge in [0.15, 0.2) is 0 Å². The van der Waals surface area contributed by atoms with E-state index in [4.69, 9.17) is 4.74 Å². The van der Waals surface area contributed by atoms with Crippen LogP contribution in [0.2, 0.25) is 0 Å². The van der Waals surface area contributed by atoms with Crippen molar-refractivity contribution in [3.8, 4) is 0 Å². The van der Waals surface area contributed by atoms with Crippen molar-refractivity contribution in [3.05, 3.63) is 39.3 Å². The SMILES string of the molecule is C=CCOC(=O)c1sc2nc(CNC)[nH]c(=O)c2c1C. The smallest absolute Gasteiger partial charge is 0.348 e. The number of aromatic amines is 1. The molecule has 0 unspecified atom stereocenters. The molecule has 0 amide bonds. The van der Waals surface area contributed by atoms with Crippen LogP contribution in [0.25, 0.3) is 10.2 Å². The number of carbonyl (C=O) groups is 1.